The number of thioether (sulfide) groups is 2. The number of hydrogen-bond donors (Lipinski definition) is 1. The second-order valence-corrected chi connectivity index (χ2v) is 10.1. The minimum Gasteiger partial charge on any atom is -0.477 e. The Morgan fingerprint density at radius 2 is 1.57 bits per heavy atom. The van der Waals surface area contributed by atoms with Crippen LogP contribution < -0.4 is 0 Å². The molecule has 0 aromatic rings. The van der Waals surface area contributed by atoms with E-state index in [0.717, 1.165) is 16.7 Å². The van der Waals surface area contributed by atoms with Crippen molar-refractivity contribution in [2.75, 3.05) is 32.2 Å². The lowest BCUT2D eigenvalue weighted by Gasteiger charge is -2.56. The standard InChI is InChI=1S/C22H29NO12S2/c1-6-11-21-14(15(24)23(21)13(16(25)26)17(37-21)36-10-5)22(34-19(28)31-8-3,35-20(29)32-9-4)12-33-18(27)30-7-2/h6,14H,1,7-12H2,2-5H3,(H,25,26)/t14-,21+/m0/s1. The third-order valence-electron chi connectivity index (χ3n) is 5.03. The molecule has 0 aromatic heterocycles. The fraction of sp³-hybridized carbons (Fsp3) is 0.591. The molecule has 1 saturated heterocycles. The molecule has 0 unspecified atom stereocenters. The highest BCUT2D eigenvalue weighted by Gasteiger charge is 2.76. The van der Waals surface area contributed by atoms with Gasteiger partial charge in [-0.3, -0.25) is 9.69 Å². The first-order valence-corrected chi connectivity index (χ1v) is 13.1. The Balaban J connectivity index is 2.67. The summed E-state index contributed by atoms with van der Waals surface area (Å²) in [6.07, 6.45) is -2.45. The van der Waals surface area contributed by atoms with Crippen molar-refractivity contribution in [2.45, 2.75) is 44.8 Å². The molecule has 1 amide bonds. The largest absolute Gasteiger partial charge is 0.511 e. The highest BCUT2D eigenvalue weighted by molar-refractivity contribution is 8.23. The average Bonchev–Trinajstić information content (AvgIpc) is 3.08. The zero-order valence-corrected chi connectivity index (χ0v) is 22.4. The van der Waals surface area contributed by atoms with Gasteiger partial charge in [-0.15, -0.1) is 18.3 Å². The number of aliphatic carboxylic acids is 1. The molecule has 15 heteroatoms. The van der Waals surface area contributed by atoms with Gasteiger partial charge in [0.2, 0.25) is 5.91 Å². The number of β-lactam (4-membered cyclic amide) rings is 1. The van der Waals surface area contributed by atoms with E-state index in [-0.39, 0.29) is 31.9 Å². The smallest absolute Gasteiger partial charge is 0.477 e. The summed E-state index contributed by atoms with van der Waals surface area (Å²) in [5, 5.41) is 9.89. The van der Waals surface area contributed by atoms with Crippen molar-refractivity contribution in [1.82, 2.24) is 4.90 Å². The van der Waals surface area contributed by atoms with E-state index in [4.69, 9.17) is 28.4 Å². The van der Waals surface area contributed by atoms with Gasteiger partial charge in [0, 0.05) is 0 Å². The maximum atomic E-state index is 13.6. The van der Waals surface area contributed by atoms with Crippen LogP contribution in [0.2, 0.25) is 0 Å². The van der Waals surface area contributed by atoms with Crippen LogP contribution in [-0.4, -0.2) is 83.2 Å². The van der Waals surface area contributed by atoms with E-state index in [1.54, 1.807) is 6.92 Å². The van der Waals surface area contributed by atoms with Gasteiger partial charge < -0.3 is 33.5 Å². The van der Waals surface area contributed by atoms with Gasteiger partial charge in [0.15, 0.2) is 18.2 Å². The highest BCUT2D eigenvalue weighted by Crippen LogP contribution is 2.65. The van der Waals surface area contributed by atoms with Gasteiger partial charge in [0.25, 0.3) is 0 Å². The van der Waals surface area contributed by atoms with Crippen LogP contribution in [0.4, 0.5) is 14.4 Å². The highest BCUT2D eigenvalue weighted by atomic mass is 32.2. The molecular weight excluding hydrogens is 534 g/mol. The number of fused-ring (bicyclic) bond motifs is 1. The number of ether oxygens (including phenoxy) is 6. The lowest BCUT2D eigenvalue weighted by molar-refractivity contribution is -0.265. The second-order valence-electron chi connectivity index (χ2n) is 7.27. The third kappa shape index (κ3) is 6.09. The van der Waals surface area contributed by atoms with E-state index < -0.39 is 53.5 Å². The van der Waals surface area contributed by atoms with Crippen LogP contribution in [0, 0.1) is 5.92 Å². The summed E-state index contributed by atoms with van der Waals surface area (Å²) in [5.74, 6) is -5.89. The number of rotatable bonds is 13. The predicted molar refractivity (Wildman–Crippen MR) is 130 cm³/mol. The van der Waals surface area contributed by atoms with Crippen molar-refractivity contribution < 1.29 is 57.5 Å². The summed E-state index contributed by atoms with van der Waals surface area (Å²) in [7, 11) is 0. The first-order valence-electron chi connectivity index (χ1n) is 11.3. The van der Waals surface area contributed by atoms with Gasteiger partial charge in [-0.2, -0.15) is 0 Å². The molecule has 2 atom stereocenters. The van der Waals surface area contributed by atoms with Crippen LogP contribution >= 0.6 is 23.5 Å². The molecule has 37 heavy (non-hydrogen) atoms. The summed E-state index contributed by atoms with van der Waals surface area (Å²) >= 11 is 2.21. The van der Waals surface area contributed by atoms with Crippen LogP contribution in [0.15, 0.2) is 22.6 Å². The summed E-state index contributed by atoms with van der Waals surface area (Å²) in [6, 6.07) is 0. The summed E-state index contributed by atoms with van der Waals surface area (Å²) in [6.45, 7) is 8.71. The van der Waals surface area contributed by atoms with Crippen LogP contribution in [0.5, 0.6) is 0 Å². The Morgan fingerprint density at radius 3 is 2.03 bits per heavy atom. The first-order chi connectivity index (χ1) is 17.6. The molecule has 0 saturated carbocycles. The summed E-state index contributed by atoms with van der Waals surface area (Å²) < 4.78 is 30.6. The molecule has 2 rings (SSSR count). The summed E-state index contributed by atoms with van der Waals surface area (Å²) in [4.78, 5) is 62.4. The van der Waals surface area contributed by atoms with Crippen molar-refractivity contribution >= 4 is 53.9 Å². The van der Waals surface area contributed by atoms with E-state index in [1.165, 1.54) is 38.6 Å². The molecule has 13 nitrogen and oxygen atoms in total. The fourth-order valence-electron chi connectivity index (χ4n) is 3.85. The van der Waals surface area contributed by atoms with Crippen LogP contribution in [0.3, 0.4) is 0 Å². The molecule has 0 aromatic carbocycles. The van der Waals surface area contributed by atoms with E-state index in [1.807, 2.05) is 0 Å². The molecule has 206 valence electrons. The van der Waals surface area contributed by atoms with E-state index in [0.29, 0.717) is 9.99 Å². The van der Waals surface area contributed by atoms with Crippen molar-refractivity contribution in [3.8, 4) is 0 Å². The van der Waals surface area contributed by atoms with Crippen molar-refractivity contribution in [3.63, 3.8) is 0 Å². The number of carbonyl (C=O) groups excluding carboxylic acids is 4. The number of carboxylic acids is 1. The topological polar surface area (TPSA) is 164 Å². The van der Waals surface area contributed by atoms with Crippen LogP contribution in [0.25, 0.3) is 0 Å². The van der Waals surface area contributed by atoms with Crippen molar-refractivity contribution in [1.29, 1.82) is 0 Å². The van der Waals surface area contributed by atoms with Gasteiger partial charge >= 0.3 is 30.2 Å². The molecule has 1 fully saturated rings. The molecule has 0 aliphatic carbocycles. The van der Waals surface area contributed by atoms with Gasteiger partial charge in [0.1, 0.15) is 4.87 Å². The Bertz CT molecular complexity index is 947. The number of hydrogen-bond acceptors (Lipinski definition) is 13. The number of nitrogens with zero attached hydrogens (tertiary/aromatic N) is 1. The molecule has 0 spiro atoms. The van der Waals surface area contributed by atoms with Crippen LogP contribution in [0.1, 0.15) is 34.1 Å². The number of carbonyl (C=O) groups is 5. The van der Waals surface area contributed by atoms with E-state index in [2.05, 4.69) is 6.58 Å². The first kappa shape index (κ1) is 30.2. The zero-order chi connectivity index (χ0) is 27.8. The lowest BCUT2D eigenvalue weighted by atomic mass is 9.77. The molecule has 2 aliphatic rings. The maximum Gasteiger partial charge on any atom is 0.511 e. The van der Waals surface area contributed by atoms with Gasteiger partial charge in [-0.25, -0.2) is 19.2 Å². The minimum absolute atomic E-state index is 0.0157. The quantitative estimate of drug-likeness (QED) is 0.113. The van der Waals surface area contributed by atoms with Crippen molar-refractivity contribution in [3.05, 3.63) is 22.6 Å². The third-order valence-corrected chi connectivity index (χ3v) is 7.69. The molecule has 0 radical (unpaired) electrons. The molecule has 0 bridgehead atoms. The summed E-state index contributed by atoms with van der Waals surface area (Å²) in [5.41, 5.74) is -0.271. The monoisotopic (exact) mass is 563 g/mol. The molecule has 2 heterocycles. The Kier molecular flexibility index (Phi) is 10.5. The van der Waals surface area contributed by atoms with Crippen LogP contribution in [-0.2, 0) is 38.0 Å². The number of amides is 1. The lowest BCUT2D eigenvalue weighted by Crippen LogP contribution is -2.75. The predicted octanol–water partition coefficient (Wildman–Crippen LogP) is 3.69. The molecular formula is C22H29NO12S2. The normalized spacial score (nSPS) is 20.4. The van der Waals surface area contributed by atoms with Crippen molar-refractivity contribution in [2.24, 2.45) is 5.92 Å². The Labute approximate surface area is 221 Å². The second kappa shape index (κ2) is 12.9. The maximum absolute atomic E-state index is 13.6. The zero-order valence-electron chi connectivity index (χ0n) is 20.8. The number of carboxylic acid groups (broad SMARTS) is 1. The van der Waals surface area contributed by atoms with Gasteiger partial charge in [-0.1, -0.05) is 24.8 Å². The molecule has 1 N–H and O–H groups in total. The Hall–Kier alpha value is -3.07. The van der Waals surface area contributed by atoms with E-state index in [9.17, 15) is 29.1 Å². The Morgan fingerprint density at radius 1 is 1.03 bits per heavy atom. The SMILES string of the molecule is C=CC[C@]12SC(SCC)=C(C(=O)O)N1C(=O)[C@@H]2C(COC(=O)OCC)(OC(=O)OCC)OC(=O)OCC. The minimum atomic E-state index is -2.61. The van der Waals surface area contributed by atoms with Gasteiger partial charge in [-0.05, 0) is 32.9 Å². The molecule has 2 aliphatic heterocycles. The fourth-order valence-corrected chi connectivity index (χ4v) is 6.92. The van der Waals surface area contributed by atoms with E-state index >= 15 is 0 Å². The van der Waals surface area contributed by atoms with Gasteiger partial charge in [0.05, 0.1) is 24.1 Å². The average molecular weight is 564 g/mol.